The molecule has 0 N–H and O–H groups in total. The van der Waals surface area contributed by atoms with Crippen LogP contribution in [0.4, 0.5) is 0 Å². The first-order valence-electron chi connectivity index (χ1n) is 3.45. The van der Waals surface area contributed by atoms with E-state index in [9.17, 15) is 4.79 Å². The van der Waals surface area contributed by atoms with Crippen molar-refractivity contribution < 1.29 is 14.3 Å². The molecule has 0 amide bonds. The Morgan fingerprint density at radius 1 is 1.62 bits per heavy atom. The van der Waals surface area contributed by atoms with E-state index in [1.54, 1.807) is 6.07 Å². The van der Waals surface area contributed by atoms with Crippen molar-refractivity contribution in [1.29, 1.82) is 0 Å². The van der Waals surface area contributed by atoms with Crippen molar-refractivity contribution >= 4 is 17.3 Å². The van der Waals surface area contributed by atoms with E-state index < -0.39 is 5.97 Å². The van der Waals surface area contributed by atoms with Crippen LogP contribution in [0.15, 0.2) is 6.07 Å². The number of esters is 1. The third-order valence-corrected chi connectivity index (χ3v) is 2.46. The molecule has 1 aromatic heterocycles. The number of ether oxygens (including phenoxy) is 2. The van der Waals surface area contributed by atoms with Crippen LogP contribution in [-0.2, 0) is 4.74 Å². The van der Waals surface area contributed by atoms with Gasteiger partial charge >= 0.3 is 5.97 Å². The van der Waals surface area contributed by atoms with Gasteiger partial charge in [-0.2, -0.15) is 0 Å². The predicted molar refractivity (Wildman–Crippen MR) is 50.1 cm³/mol. The van der Waals surface area contributed by atoms with Gasteiger partial charge in [-0.3, -0.25) is 0 Å². The normalized spacial score (nSPS) is 9.00. The number of carbonyl (C=O) groups is 1. The Kier molecular flexibility index (Phi) is 2.93. The highest BCUT2D eigenvalue weighted by Gasteiger charge is 2.16. The predicted octanol–water partition coefficient (Wildman–Crippen LogP) is 1.52. The van der Waals surface area contributed by atoms with Crippen LogP contribution < -0.4 is 4.74 Å². The second kappa shape index (κ2) is 3.97. The van der Waals surface area contributed by atoms with Crippen LogP contribution in [0, 0.1) is 12.3 Å². The maximum absolute atomic E-state index is 11.2. The largest absolute Gasteiger partial charge is 0.495 e. The van der Waals surface area contributed by atoms with E-state index >= 15 is 0 Å². The summed E-state index contributed by atoms with van der Waals surface area (Å²) in [5.41, 5.74) is 0. The van der Waals surface area contributed by atoms with Crippen LogP contribution in [0.3, 0.4) is 0 Å². The highest BCUT2D eigenvalue weighted by molar-refractivity contribution is 7.14. The van der Waals surface area contributed by atoms with E-state index in [-0.39, 0.29) is 0 Å². The number of terminal acetylenes is 1. The Labute approximate surface area is 80.3 Å². The molecule has 0 saturated heterocycles. The number of hydrogen-bond donors (Lipinski definition) is 0. The molecule has 0 radical (unpaired) electrons. The van der Waals surface area contributed by atoms with E-state index in [4.69, 9.17) is 11.2 Å². The molecule has 0 aliphatic carbocycles. The summed E-state index contributed by atoms with van der Waals surface area (Å²) < 4.78 is 9.52. The van der Waals surface area contributed by atoms with E-state index in [1.807, 2.05) is 0 Å². The lowest BCUT2D eigenvalue weighted by atomic mass is 10.4. The number of carbonyl (C=O) groups excluding carboxylic acids is 1. The first-order chi connectivity index (χ1) is 6.22. The summed E-state index contributed by atoms with van der Waals surface area (Å²) in [6, 6.07) is 1.64. The first kappa shape index (κ1) is 9.62. The van der Waals surface area contributed by atoms with Crippen molar-refractivity contribution in [3.8, 4) is 18.1 Å². The van der Waals surface area contributed by atoms with Gasteiger partial charge in [0.2, 0.25) is 0 Å². The van der Waals surface area contributed by atoms with Crippen molar-refractivity contribution in [1.82, 2.24) is 0 Å². The summed E-state index contributed by atoms with van der Waals surface area (Å²) in [6.45, 7) is 0. The van der Waals surface area contributed by atoms with Crippen molar-refractivity contribution in [3.05, 3.63) is 15.8 Å². The van der Waals surface area contributed by atoms with Crippen molar-refractivity contribution in [3.63, 3.8) is 0 Å². The topological polar surface area (TPSA) is 35.5 Å². The van der Waals surface area contributed by atoms with Crippen LogP contribution >= 0.6 is 11.3 Å². The first-order valence-corrected chi connectivity index (χ1v) is 4.27. The van der Waals surface area contributed by atoms with Gasteiger partial charge in [0.05, 0.1) is 19.1 Å². The van der Waals surface area contributed by atoms with Crippen LogP contribution in [0.5, 0.6) is 5.75 Å². The maximum Gasteiger partial charge on any atom is 0.351 e. The Bertz CT molecular complexity index is 359. The van der Waals surface area contributed by atoms with Crippen LogP contribution in [0.1, 0.15) is 14.5 Å². The highest BCUT2D eigenvalue weighted by Crippen LogP contribution is 2.29. The Balaban J connectivity index is 3.13. The smallest absolute Gasteiger partial charge is 0.351 e. The minimum absolute atomic E-state index is 0.401. The lowest BCUT2D eigenvalue weighted by Crippen LogP contribution is -1.99. The average molecular weight is 196 g/mol. The molecular formula is C9H8O3S. The zero-order chi connectivity index (χ0) is 9.84. The fourth-order valence-corrected chi connectivity index (χ4v) is 1.69. The third kappa shape index (κ3) is 1.82. The molecule has 0 fully saturated rings. The van der Waals surface area contributed by atoms with E-state index in [0.29, 0.717) is 15.5 Å². The molecule has 0 aliphatic heterocycles. The molecule has 0 bridgehead atoms. The molecule has 13 heavy (non-hydrogen) atoms. The molecule has 1 rings (SSSR count). The van der Waals surface area contributed by atoms with E-state index in [2.05, 4.69) is 10.7 Å². The fraction of sp³-hybridized carbons (Fsp3) is 0.222. The lowest BCUT2D eigenvalue weighted by Gasteiger charge is -1.98. The summed E-state index contributed by atoms with van der Waals surface area (Å²) in [6.07, 6.45) is 5.18. The summed E-state index contributed by atoms with van der Waals surface area (Å²) in [5.74, 6) is 2.47. The minimum Gasteiger partial charge on any atom is -0.495 e. The summed E-state index contributed by atoms with van der Waals surface area (Å²) in [5, 5.41) is 0. The van der Waals surface area contributed by atoms with Gasteiger partial charge < -0.3 is 9.47 Å². The molecule has 0 aromatic carbocycles. The Morgan fingerprint density at radius 2 is 2.31 bits per heavy atom. The molecule has 0 atom stereocenters. The zero-order valence-corrected chi connectivity index (χ0v) is 8.10. The third-order valence-electron chi connectivity index (χ3n) is 1.43. The van der Waals surface area contributed by atoms with Crippen molar-refractivity contribution in [2.75, 3.05) is 14.2 Å². The lowest BCUT2D eigenvalue weighted by molar-refractivity contribution is 0.0603. The van der Waals surface area contributed by atoms with Crippen molar-refractivity contribution in [2.24, 2.45) is 0 Å². The summed E-state index contributed by atoms with van der Waals surface area (Å²) >= 11 is 1.18. The van der Waals surface area contributed by atoms with E-state index in [0.717, 1.165) is 0 Å². The molecule has 0 saturated carbocycles. The molecule has 0 unspecified atom stereocenters. The van der Waals surface area contributed by atoms with Gasteiger partial charge in [-0.05, 0) is 0 Å². The molecule has 3 nitrogen and oxygen atoms in total. The minimum atomic E-state index is -0.427. The summed E-state index contributed by atoms with van der Waals surface area (Å²) in [7, 11) is 2.80. The standard InChI is InChI=1S/C9H8O3S/c1-4-6-5-7(11-2)8(13-6)9(10)12-3/h1,5H,2-3H3. The highest BCUT2D eigenvalue weighted by atomic mass is 32.1. The number of methoxy groups -OCH3 is 2. The van der Waals surface area contributed by atoms with Crippen molar-refractivity contribution in [2.45, 2.75) is 0 Å². The molecule has 1 aromatic rings. The number of thiophene rings is 1. The monoisotopic (exact) mass is 196 g/mol. The quantitative estimate of drug-likeness (QED) is 0.531. The molecule has 0 aliphatic rings. The van der Waals surface area contributed by atoms with Gasteiger partial charge in [0.1, 0.15) is 5.75 Å². The Hall–Kier alpha value is -1.47. The van der Waals surface area contributed by atoms with Gasteiger partial charge in [-0.1, -0.05) is 5.92 Å². The Morgan fingerprint density at radius 3 is 2.77 bits per heavy atom. The number of rotatable bonds is 2. The van der Waals surface area contributed by atoms with Gasteiger partial charge in [0, 0.05) is 6.07 Å². The van der Waals surface area contributed by atoms with Gasteiger partial charge in [0.25, 0.3) is 0 Å². The van der Waals surface area contributed by atoms with Crippen LogP contribution in [0.2, 0.25) is 0 Å². The SMILES string of the molecule is C#Cc1cc(OC)c(C(=O)OC)s1. The van der Waals surface area contributed by atoms with Gasteiger partial charge in [-0.25, -0.2) is 4.79 Å². The second-order valence-corrected chi connectivity index (χ2v) is 3.20. The van der Waals surface area contributed by atoms with Gasteiger partial charge in [-0.15, -0.1) is 17.8 Å². The molecule has 4 heteroatoms. The molecule has 1 heterocycles. The molecule has 0 spiro atoms. The average Bonchev–Trinajstić information content (AvgIpc) is 2.59. The van der Waals surface area contributed by atoms with Crippen LogP contribution in [-0.4, -0.2) is 20.2 Å². The van der Waals surface area contributed by atoms with E-state index in [1.165, 1.54) is 25.6 Å². The summed E-state index contributed by atoms with van der Waals surface area (Å²) in [4.78, 5) is 12.2. The zero-order valence-electron chi connectivity index (χ0n) is 7.29. The van der Waals surface area contributed by atoms with Gasteiger partial charge in [0.15, 0.2) is 4.88 Å². The van der Waals surface area contributed by atoms with Crippen LogP contribution in [0.25, 0.3) is 0 Å². The molecular weight excluding hydrogens is 188 g/mol. The molecule has 68 valence electrons. The second-order valence-electron chi connectivity index (χ2n) is 2.14. The fourth-order valence-electron chi connectivity index (χ4n) is 0.832. The number of hydrogen-bond acceptors (Lipinski definition) is 4. The maximum atomic E-state index is 11.2.